The average molecular weight is 674 g/mol. The molecule has 0 unspecified atom stereocenters. The normalized spacial score (nSPS) is 14.6. The Labute approximate surface area is 291 Å². The number of para-hydroxylation sites is 3. The molecule has 1 aromatic heterocycles. The van der Waals surface area contributed by atoms with Gasteiger partial charge in [-0.25, -0.2) is 4.79 Å². The number of furan rings is 1. The quantitative estimate of drug-likeness (QED) is 0.108. The number of amides is 4. The monoisotopic (exact) mass is 673 g/mol. The molecule has 10 nitrogen and oxygen atoms in total. The molecule has 5 N–H and O–H groups in total. The molecule has 0 radical (unpaired) electrons. The lowest BCUT2D eigenvalue weighted by Gasteiger charge is -2.29. The summed E-state index contributed by atoms with van der Waals surface area (Å²) in [6, 6.07) is 32.1. The van der Waals surface area contributed by atoms with E-state index in [1.54, 1.807) is 4.90 Å². The third-order valence-corrected chi connectivity index (χ3v) is 8.88. The van der Waals surface area contributed by atoms with Crippen LogP contribution in [-0.2, 0) is 29.1 Å². The molecule has 0 fully saturated rings. The van der Waals surface area contributed by atoms with Crippen molar-refractivity contribution in [3.05, 3.63) is 120 Å². The predicted molar refractivity (Wildman–Crippen MR) is 196 cm³/mol. The van der Waals surface area contributed by atoms with Crippen LogP contribution >= 0.6 is 0 Å². The Morgan fingerprint density at radius 2 is 1.68 bits per heavy atom. The van der Waals surface area contributed by atoms with E-state index in [0.717, 1.165) is 44.7 Å². The second-order valence-corrected chi connectivity index (χ2v) is 13.2. The molecular formula is C40H43N5O5. The van der Waals surface area contributed by atoms with E-state index in [1.165, 1.54) is 0 Å². The fourth-order valence-electron chi connectivity index (χ4n) is 6.32. The molecule has 6 rings (SSSR count). The van der Waals surface area contributed by atoms with E-state index in [2.05, 4.69) is 21.3 Å². The number of fused-ring (bicyclic) bond motifs is 2. The lowest BCUT2D eigenvalue weighted by molar-refractivity contribution is -0.128. The van der Waals surface area contributed by atoms with Gasteiger partial charge in [-0.3, -0.25) is 9.59 Å². The zero-order valence-electron chi connectivity index (χ0n) is 28.4. The predicted octanol–water partition coefficient (Wildman–Crippen LogP) is 6.14. The summed E-state index contributed by atoms with van der Waals surface area (Å²) in [5.41, 5.74) is 5.48. The number of nitrogens with one attached hydrogen (secondary N) is 4. The number of aliphatic hydroxyl groups is 1. The van der Waals surface area contributed by atoms with Gasteiger partial charge in [0.2, 0.25) is 11.8 Å². The van der Waals surface area contributed by atoms with Crippen molar-refractivity contribution in [2.75, 3.05) is 23.4 Å². The average Bonchev–Trinajstić information content (AvgIpc) is 3.49. The van der Waals surface area contributed by atoms with Crippen LogP contribution in [0.25, 0.3) is 22.1 Å². The number of hydrogen-bond donors (Lipinski definition) is 5. The van der Waals surface area contributed by atoms with E-state index < -0.39 is 17.6 Å². The summed E-state index contributed by atoms with van der Waals surface area (Å²) in [7, 11) is 0. The number of hydrogen-bond acceptors (Lipinski definition) is 6. The number of benzene rings is 4. The van der Waals surface area contributed by atoms with Gasteiger partial charge >= 0.3 is 6.03 Å². The highest BCUT2D eigenvalue weighted by Gasteiger charge is 2.33. The summed E-state index contributed by atoms with van der Waals surface area (Å²) in [4.78, 5) is 41.6. The van der Waals surface area contributed by atoms with Crippen molar-refractivity contribution in [2.45, 2.75) is 57.8 Å². The van der Waals surface area contributed by atoms with E-state index in [0.29, 0.717) is 31.6 Å². The summed E-state index contributed by atoms with van der Waals surface area (Å²) in [5, 5.41) is 22.0. The molecule has 0 saturated heterocycles. The molecule has 258 valence electrons. The molecule has 5 aromatic rings. The first-order chi connectivity index (χ1) is 24.2. The van der Waals surface area contributed by atoms with Crippen LogP contribution in [0.3, 0.4) is 0 Å². The van der Waals surface area contributed by atoms with Gasteiger partial charge in [-0.05, 0) is 67.6 Å². The van der Waals surface area contributed by atoms with E-state index in [1.807, 2.05) is 117 Å². The number of carbonyl (C=O) groups excluding carboxylic acids is 3. The van der Waals surface area contributed by atoms with Gasteiger partial charge in [0.15, 0.2) is 0 Å². The Kier molecular flexibility index (Phi) is 10.6. The van der Waals surface area contributed by atoms with Crippen LogP contribution in [0.15, 0.2) is 108 Å². The van der Waals surface area contributed by atoms with Crippen molar-refractivity contribution in [1.82, 2.24) is 16.0 Å². The largest absolute Gasteiger partial charge is 0.460 e. The smallest absolute Gasteiger partial charge is 0.319 e. The highest BCUT2D eigenvalue weighted by atomic mass is 16.3. The Hall–Kier alpha value is -5.45. The topological polar surface area (TPSA) is 136 Å². The van der Waals surface area contributed by atoms with E-state index in [-0.39, 0.29) is 31.4 Å². The molecule has 0 spiro atoms. The number of rotatable bonds is 12. The van der Waals surface area contributed by atoms with Crippen molar-refractivity contribution < 1.29 is 23.9 Å². The van der Waals surface area contributed by atoms with Crippen LogP contribution in [0.5, 0.6) is 0 Å². The minimum Gasteiger partial charge on any atom is -0.460 e. The molecule has 50 heavy (non-hydrogen) atoms. The number of carbonyl (C=O) groups is 3. The van der Waals surface area contributed by atoms with Crippen LogP contribution < -0.4 is 26.2 Å². The van der Waals surface area contributed by atoms with Crippen molar-refractivity contribution in [2.24, 2.45) is 0 Å². The van der Waals surface area contributed by atoms with Gasteiger partial charge in [-0.15, -0.1) is 0 Å². The number of anilines is 2. The maximum absolute atomic E-state index is 14.1. The van der Waals surface area contributed by atoms with Crippen LogP contribution in [0.2, 0.25) is 0 Å². The summed E-state index contributed by atoms with van der Waals surface area (Å²) < 4.78 is 5.93. The second kappa shape index (κ2) is 15.4. The molecule has 0 bridgehead atoms. The molecular weight excluding hydrogens is 630 g/mol. The maximum Gasteiger partial charge on any atom is 0.319 e. The zero-order valence-corrected chi connectivity index (χ0v) is 28.4. The molecule has 2 heterocycles. The van der Waals surface area contributed by atoms with Crippen molar-refractivity contribution in [3.8, 4) is 11.1 Å². The molecule has 1 aliphatic rings. The SMILES string of the molecule is CC(C)(CC(=O)N[C@@H]1CCc2ccccc2N(Cc2ccc(-c3ccccc3NC(=O)NCCO)cc2)C1=O)NCc1cc2ccccc2o1. The van der Waals surface area contributed by atoms with Crippen molar-refractivity contribution in [1.29, 1.82) is 0 Å². The number of aliphatic hydroxyl groups excluding tert-OH is 1. The van der Waals surface area contributed by atoms with Gasteiger partial charge in [0.05, 0.1) is 25.4 Å². The van der Waals surface area contributed by atoms with Crippen LogP contribution in [0.4, 0.5) is 16.2 Å². The first kappa shape index (κ1) is 34.4. The fourth-order valence-corrected chi connectivity index (χ4v) is 6.32. The van der Waals surface area contributed by atoms with Gasteiger partial charge in [-0.2, -0.15) is 0 Å². The van der Waals surface area contributed by atoms with Crippen LogP contribution in [0, 0.1) is 0 Å². The first-order valence-electron chi connectivity index (χ1n) is 16.9. The number of aryl methyl sites for hydroxylation is 1. The van der Waals surface area contributed by atoms with Crippen molar-refractivity contribution in [3.63, 3.8) is 0 Å². The summed E-state index contributed by atoms with van der Waals surface area (Å²) in [5.74, 6) is 0.449. The third kappa shape index (κ3) is 8.39. The molecule has 10 heteroatoms. The summed E-state index contributed by atoms with van der Waals surface area (Å²) in [6.07, 6.45) is 1.34. The Bertz CT molecular complexity index is 1940. The summed E-state index contributed by atoms with van der Waals surface area (Å²) >= 11 is 0. The Balaban J connectivity index is 1.13. The highest BCUT2D eigenvalue weighted by molar-refractivity contribution is 6.00. The van der Waals surface area contributed by atoms with Crippen molar-refractivity contribution >= 4 is 40.2 Å². The number of nitrogens with zero attached hydrogens (tertiary/aromatic N) is 1. The van der Waals surface area contributed by atoms with Gasteiger partial charge in [0.25, 0.3) is 0 Å². The maximum atomic E-state index is 14.1. The second-order valence-electron chi connectivity index (χ2n) is 13.2. The minimum absolute atomic E-state index is 0.144. The Morgan fingerprint density at radius 3 is 2.48 bits per heavy atom. The molecule has 0 saturated carbocycles. The van der Waals surface area contributed by atoms with E-state index in [4.69, 9.17) is 9.52 Å². The van der Waals surface area contributed by atoms with Crippen LogP contribution in [-0.4, -0.2) is 47.7 Å². The van der Waals surface area contributed by atoms with Gasteiger partial charge in [0, 0.05) is 35.1 Å². The van der Waals surface area contributed by atoms with Gasteiger partial charge in [-0.1, -0.05) is 78.9 Å². The fraction of sp³-hybridized carbons (Fsp3) is 0.275. The van der Waals surface area contributed by atoms with E-state index in [9.17, 15) is 14.4 Å². The van der Waals surface area contributed by atoms with Gasteiger partial charge < -0.3 is 35.7 Å². The minimum atomic E-state index is -0.671. The van der Waals surface area contributed by atoms with Crippen LogP contribution in [0.1, 0.15) is 43.6 Å². The first-order valence-corrected chi connectivity index (χ1v) is 16.9. The standard InChI is InChI=1S/C40H43N5O5/c1-40(2,42-25-31-23-30-10-4-8-14-36(30)50-31)24-37(47)43-34-20-19-29-9-3-7-13-35(29)45(38(34)48)26-27-15-17-28(18-16-27)32-11-5-6-12-33(32)44-39(49)41-21-22-46/h3-18,23,34,42,46H,19-22,24-26H2,1-2H3,(H,43,47)(H2,41,44,49)/t34-/m1/s1. The third-order valence-electron chi connectivity index (χ3n) is 8.88. The summed E-state index contributed by atoms with van der Waals surface area (Å²) in [6.45, 7) is 4.75. The lowest BCUT2D eigenvalue weighted by atomic mass is 9.99. The van der Waals surface area contributed by atoms with Gasteiger partial charge in [0.1, 0.15) is 17.4 Å². The molecule has 0 aliphatic carbocycles. The van der Waals surface area contributed by atoms with E-state index >= 15 is 0 Å². The zero-order chi connectivity index (χ0) is 35.1. The Morgan fingerprint density at radius 1 is 0.940 bits per heavy atom. The molecule has 1 aliphatic heterocycles. The number of urea groups is 1. The lowest BCUT2D eigenvalue weighted by Crippen LogP contribution is -2.50. The molecule has 4 amide bonds. The highest BCUT2D eigenvalue weighted by Crippen LogP contribution is 2.31. The molecule has 1 atom stereocenters. The molecule has 4 aromatic carbocycles.